The number of aryl methyl sites for hydroxylation is 1. The molecule has 4 rings (SSSR count). The van der Waals surface area contributed by atoms with E-state index in [0.717, 1.165) is 40.7 Å². The number of H-pyrrole nitrogens is 1. The van der Waals surface area contributed by atoms with Gasteiger partial charge in [-0.3, -0.25) is 0 Å². The Kier molecular flexibility index (Phi) is 5.77. The molecule has 0 fully saturated rings. The van der Waals surface area contributed by atoms with Crippen LogP contribution in [0.25, 0.3) is 10.9 Å². The second-order valence-electron chi connectivity index (χ2n) is 6.38. The molecule has 1 aromatic heterocycles. The third kappa shape index (κ3) is 3.82. The van der Waals surface area contributed by atoms with Crippen molar-refractivity contribution in [2.75, 3.05) is 20.4 Å². The highest BCUT2D eigenvalue weighted by Gasteiger charge is 2.19. The van der Waals surface area contributed by atoms with E-state index in [-0.39, 0.29) is 25.0 Å². The van der Waals surface area contributed by atoms with Crippen molar-refractivity contribution in [2.45, 2.75) is 19.9 Å². The average Bonchev–Trinajstić information content (AvgIpc) is 3.22. The second-order valence-corrected chi connectivity index (χ2v) is 6.38. The fourth-order valence-corrected chi connectivity index (χ4v) is 3.41. The lowest BCUT2D eigenvalue weighted by Gasteiger charge is -2.09. The summed E-state index contributed by atoms with van der Waals surface area (Å²) < 4.78 is 29.8. The highest BCUT2D eigenvalue weighted by Crippen LogP contribution is 2.41. The van der Waals surface area contributed by atoms with Crippen LogP contribution in [-0.2, 0) is 13.0 Å². The summed E-state index contributed by atoms with van der Waals surface area (Å²) in [6.07, 6.45) is 0.816. The van der Waals surface area contributed by atoms with Gasteiger partial charge in [0.05, 0.1) is 7.11 Å². The molecule has 0 unspecified atom stereocenters. The van der Waals surface area contributed by atoms with Crippen LogP contribution in [0.1, 0.15) is 16.8 Å². The first-order valence-corrected chi connectivity index (χ1v) is 8.59. The van der Waals surface area contributed by atoms with Crippen molar-refractivity contribution in [3.8, 4) is 17.2 Å². The Morgan fingerprint density at radius 1 is 1.22 bits per heavy atom. The van der Waals surface area contributed by atoms with Gasteiger partial charge >= 0.3 is 0 Å². The number of aromatic amines is 1. The van der Waals surface area contributed by atoms with Crippen LogP contribution in [0.5, 0.6) is 17.2 Å². The molecule has 0 amide bonds. The number of hydrogen-bond acceptors (Lipinski definition) is 4. The molecule has 7 heteroatoms. The monoisotopic (exact) mass is 392 g/mol. The number of aromatic nitrogens is 1. The van der Waals surface area contributed by atoms with Gasteiger partial charge < -0.3 is 24.5 Å². The van der Waals surface area contributed by atoms with Gasteiger partial charge in [0.15, 0.2) is 11.5 Å². The molecule has 5 nitrogen and oxygen atoms in total. The van der Waals surface area contributed by atoms with E-state index >= 15 is 0 Å². The predicted octanol–water partition coefficient (Wildman–Crippen LogP) is 4.11. The predicted molar refractivity (Wildman–Crippen MR) is 105 cm³/mol. The lowest BCUT2D eigenvalue weighted by Crippen LogP contribution is -2.17. The molecule has 144 valence electrons. The smallest absolute Gasteiger partial charge is 0.231 e. The summed E-state index contributed by atoms with van der Waals surface area (Å²) in [5.41, 5.74) is 4.26. The molecular formula is C20H22ClFN2O3. The lowest BCUT2D eigenvalue weighted by atomic mass is 10.1. The molecule has 0 aliphatic carbocycles. The van der Waals surface area contributed by atoms with Crippen LogP contribution in [0.4, 0.5) is 4.39 Å². The maximum atomic E-state index is 13.6. The van der Waals surface area contributed by atoms with Gasteiger partial charge in [0, 0.05) is 23.1 Å². The summed E-state index contributed by atoms with van der Waals surface area (Å²) in [6.45, 7) is 3.71. The molecule has 3 aromatic rings. The Labute approximate surface area is 163 Å². The number of halogens is 2. The maximum absolute atomic E-state index is 13.6. The van der Waals surface area contributed by atoms with Crippen molar-refractivity contribution >= 4 is 23.3 Å². The third-order valence-corrected chi connectivity index (χ3v) is 4.68. The Morgan fingerprint density at radius 3 is 2.89 bits per heavy atom. The molecule has 27 heavy (non-hydrogen) atoms. The molecule has 0 saturated carbocycles. The van der Waals surface area contributed by atoms with E-state index in [0.29, 0.717) is 23.8 Å². The van der Waals surface area contributed by atoms with Crippen LogP contribution in [0.15, 0.2) is 30.3 Å². The van der Waals surface area contributed by atoms with Gasteiger partial charge in [-0.05, 0) is 61.3 Å². The van der Waals surface area contributed by atoms with Crippen molar-refractivity contribution in [1.29, 1.82) is 0 Å². The maximum Gasteiger partial charge on any atom is 0.231 e. The Balaban J connectivity index is 0.00000210. The molecular weight excluding hydrogens is 371 g/mol. The summed E-state index contributed by atoms with van der Waals surface area (Å²) in [4.78, 5) is 3.31. The van der Waals surface area contributed by atoms with Gasteiger partial charge in [0.25, 0.3) is 0 Å². The molecule has 1 aliphatic heterocycles. The minimum atomic E-state index is -0.210. The van der Waals surface area contributed by atoms with Crippen molar-refractivity contribution in [2.24, 2.45) is 0 Å². The van der Waals surface area contributed by atoms with Gasteiger partial charge in [-0.1, -0.05) is 0 Å². The summed E-state index contributed by atoms with van der Waals surface area (Å²) in [6, 6.07) is 8.77. The normalized spacial score (nSPS) is 12.3. The molecule has 0 saturated heterocycles. The molecule has 0 bridgehead atoms. The van der Waals surface area contributed by atoms with Crippen molar-refractivity contribution in [3.63, 3.8) is 0 Å². The first kappa shape index (κ1) is 19.3. The molecule has 2 aromatic carbocycles. The topological polar surface area (TPSA) is 55.5 Å². The first-order chi connectivity index (χ1) is 12.7. The minimum Gasteiger partial charge on any atom is -0.493 e. The zero-order chi connectivity index (χ0) is 18.1. The highest BCUT2D eigenvalue weighted by molar-refractivity contribution is 5.85. The average molecular weight is 393 g/mol. The fraction of sp³-hybridized carbons (Fsp3) is 0.300. The number of hydrogen-bond donors (Lipinski definition) is 2. The SMILES string of the molecule is COc1cc(CNCCc2c(C)[nH]c3ccc(F)cc23)cc2c1OCO2.Cl. The van der Waals surface area contributed by atoms with Crippen LogP contribution in [0, 0.1) is 12.7 Å². The molecule has 2 heterocycles. The third-order valence-electron chi connectivity index (χ3n) is 4.68. The molecule has 0 spiro atoms. The molecule has 2 N–H and O–H groups in total. The summed E-state index contributed by atoms with van der Waals surface area (Å²) in [7, 11) is 1.62. The van der Waals surface area contributed by atoms with Gasteiger partial charge in [0.2, 0.25) is 12.5 Å². The van der Waals surface area contributed by atoms with E-state index in [1.165, 1.54) is 6.07 Å². The zero-order valence-corrected chi connectivity index (χ0v) is 16.0. The van der Waals surface area contributed by atoms with E-state index in [1.54, 1.807) is 19.2 Å². The largest absolute Gasteiger partial charge is 0.493 e. The van der Waals surface area contributed by atoms with Gasteiger partial charge in [0.1, 0.15) is 5.82 Å². The second kappa shape index (κ2) is 8.06. The number of nitrogens with one attached hydrogen (secondary N) is 2. The number of fused-ring (bicyclic) bond motifs is 2. The summed E-state index contributed by atoms with van der Waals surface area (Å²) >= 11 is 0. The van der Waals surface area contributed by atoms with E-state index in [4.69, 9.17) is 14.2 Å². The van der Waals surface area contributed by atoms with E-state index < -0.39 is 0 Å². The molecule has 0 atom stereocenters. The Morgan fingerprint density at radius 2 is 2.07 bits per heavy atom. The van der Waals surface area contributed by atoms with Crippen LogP contribution in [0.2, 0.25) is 0 Å². The van der Waals surface area contributed by atoms with Gasteiger partial charge in [-0.2, -0.15) is 0 Å². The van der Waals surface area contributed by atoms with Crippen molar-refractivity contribution < 1.29 is 18.6 Å². The number of ether oxygens (including phenoxy) is 3. The fourth-order valence-electron chi connectivity index (χ4n) is 3.41. The van der Waals surface area contributed by atoms with Crippen LogP contribution in [-0.4, -0.2) is 25.4 Å². The Bertz CT molecular complexity index is 958. The lowest BCUT2D eigenvalue weighted by molar-refractivity contribution is 0.171. The van der Waals surface area contributed by atoms with E-state index in [1.807, 2.05) is 19.1 Å². The zero-order valence-electron chi connectivity index (χ0n) is 15.2. The summed E-state index contributed by atoms with van der Waals surface area (Å²) in [5, 5.41) is 4.38. The van der Waals surface area contributed by atoms with Gasteiger partial charge in [-0.25, -0.2) is 4.39 Å². The minimum absolute atomic E-state index is 0. The molecule has 1 aliphatic rings. The van der Waals surface area contributed by atoms with E-state index in [2.05, 4.69) is 10.3 Å². The molecule has 0 radical (unpaired) electrons. The van der Waals surface area contributed by atoms with Crippen molar-refractivity contribution in [1.82, 2.24) is 10.3 Å². The number of benzene rings is 2. The Hall–Kier alpha value is -2.44. The summed E-state index contributed by atoms with van der Waals surface area (Å²) in [5.74, 6) is 1.84. The van der Waals surface area contributed by atoms with Crippen LogP contribution >= 0.6 is 12.4 Å². The van der Waals surface area contributed by atoms with Gasteiger partial charge in [-0.15, -0.1) is 12.4 Å². The van der Waals surface area contributed by atoms with E-state index in [9.17, 15) is 4.39 Å². The number of methoxy groups -OCH3 is 1. The quantitative estimate of drug-likeness (QED) is 0.620. The first-order valence-electron chi connectivity index (χ1n) is 8.59. The van der Waals surface area contributed by atoms with Crippen molar-refractivity contribution in [3.05, 3.63) is 53.0 Å². The van der Waals surface area contributed by atoms with Crippen LogP contribution < -0.4 is 19.5 Å². The number of rotatable bonds is 6. The van der Waals surface area contributed by atoms with Crippen LogP contribution in [0.3, 0.4) is 0 Å². The standard InChI is InChI=1S/C20H21FN2O3.ClH/c1-12-15(16-9-14(21)3-4-17(16)23-12)5-6-22-10-13-7-18(24-2)20-19(8-13)25-11-26-20;/h3-4,7-9,22-23H,5-6,10-11H2,1-2H3;1H. The highest BCUT2D eigenvalue weighted by atomic mass is 35.5.